The van der Waals surface area contributed by atoms with Gasteiger partial charge in [-0.25, -0.2) is 4.98 Å². The van der Waals surface area contributed by atoms with Crippen LogP contribution in [0.3, 0.4) is 0 Å². The predicted molar refractivity (Wildman–Crippen MR) is 113 cm³/mol. The van der Waals surface area contributed by atoms with Crippen LogP contribution in [0.1, 0.15) is 17.3 Å². The maximum Gasteiger partial charge on any atom is 0.257 e. The van der Waals surface area contributed by atoms with Crippen LogP contribution in [-0.2, 0) is 0 Å². The summed E-state index contributed by atoms with van der Waals surface area (Å²) < 4.78 is 15.9. The Bertz CT molecular complexity index is 957. The maximum atomic E-state index is 12.4. The molecule has 0 radical (unpaired) electrons. The summed E-state index contributed by atoms with van der Waals surface area (Å²) in [6.45, 7) is 2.52. The number of hydrogen-bond acceptors (Lipinski definition) is 6. The molecule has 0 unspecified atom stereocenters. The minimum absolute atomic E-state index is 0.237. The van der Waals surface area contributed by atoms with Crippen molar-refractivity contribution in [3.63, 3.8) is 0 Å². The molecule has 0 aliphatic carbocycles. The molecule has 2 aromatic carbocycles. The number of methoxy groups -OCH3 is 2. The molecule has 150 valence electrons. The summed E-state index contributed by atoms with van der Waals surface area (Å²) in [6.07, 6.45) is 1.52. The third-order valence-electron chi connectivity index (χ3n) is 4.10. The van der Waals surface area contributed by atoms with Crippen LogP contribution in [0.5, 0.6) is 17.2 Å². The third kappa shape index (κ3) is 5.16. The Hall–Kier alpha value is -3.74. The molecule has 3 aromatic rings. The minimum atomic E-state index is -0.237. The van der Waals surface area contributed by atoms with Crippen molar-refractivity contribution in [3.05, 3.63) is 66.4 Å². The first-order chi connectivity index (χ1) is 14.1. The van der Waals surface area contributed by atoms with E-state index in [1.54, 1.807) is 44.6 Å². The van der Waals surface area contributed by atoms with Crippen molar-refractivity contribution in [1.82, 2.24) is 4.98 Å². The number of rotatable bonds is 8. The highest BCUT2D eigenvalue weighted by Gasteiger charge is 2.09. The van der Waals surface area contributed by atoms with Crippen LogP contribution in [0.15, 0.2) is 60.8 Å². The van der Waals surface area contributed by atoms with Crippen LogP contribution in [-0.4, -0.2) is 31.7 Å². The molecule has 7 heteroatoms. The highest BCUT2D eigenvalue weighted by atomic mass is 16.5. The molecule has 0 saturated heterocycles. The van der Waals surface area contributed by atoms with Gasteiger partial charge >= 0.3 is 0 Å². The van der Waals surface area contributed by atoms with Gasteiger partial charge in [0.2, 0.25) is 0 Å². The number of hydrogen-bond donors (Lipinski definition) is 2. The van der Waals surface area contributed by atoms with E-state index < -0.39 is 0 Å². The lowest BCUT2D eigenvalue weighted by molar-refractivity contribution is 0.102. The van der Waals surface area contributed by atoms with Crippen molar-refractivity contribution in [2.24, 2.45) is 0 Å². The van der Waals surface area contributed by atoms with Crippen molar-refractivity contribution < 1.29 is 19.0 Å². The van der Waals surface area contributed by atoms with E-state index in [-0.39, 0.29) is 5.91 Å². The molecular formula is C22H23N3O4. The van der Waals surface area contributed by atoms with Gasteiger partial charge in [0.25, 0.3) is 5.91 Å². The number of carbonyl (C=O) groups excluding carboxylic acids is 1. The van der Waals surface area contributed by atoms with E-state index in [0.717, 1.165) is 11.4 Å². The summed E-state index contributed by atoms with van der Waals surface area (Å²) in [6, 6.07) is 16.1. The van der Waals surface area contributed by atoms with Gasteiger partial charge in [-0.15, -0.1) is 0 Å². The monoisotopic (exact) mass is 393 g/mol. The fourth-order valence-electron chi connectivity index (χ4n) is 2.67. The van der Waals surface area contributed by atoms with Crippen LogP contribution in [0.4, 0.5) is 17.2 Å². The van der Waals surface area contributed by atoms with Gasteiger partial charge in [0.1, 0.15) is 11.6 Å². The number of aromatic nitrogens is 1. The topological polar surface area (TPSA) is 81.7 Å². The lowest BCUT2D eigenvalue weighted by Gasteiger charge is -2.11. The van der Waals surface area contributed by atoms with Gasteiger partial charge in [-0.1, -0.05) is 0 Å². The Morgan fingerprint density at radius 1 is 0.931 bits per heavy atom. The molecule has 0 bridgehead atoms. The van der Waals surface area contributed by atoms with Crippen LogP contribution in [0, 0.1) is 0 Å². The number of benzene rings is 2. The molecule has 1 aromatic heterocycles. The molecule has 3 rings (SSSR count). The van der Waals surface area contributed by atoms with Gasteiger partial charge in [0, 0.05) is 23.6 Å². The molecule has 2 N–H and O–H groups in total. The van der Waals surface area contributed by atoms with E-state index >= 15 is 0 Å². The number of amides is 1. The highest BCUT2D eigenvalue weighted by molar-refractivity contribution is 6.04. The molecule has 29 heavy (non-hydrogen) atoms. The number of ether oxygens (including phenoxy) is 3. The smallest absolute Gasteiger partial charge is 0.257 e. The van der Waals surface area contributed by atoms with Crippen LogP contribution in [0.2, 0.25) is 0 Å². The lowest BCUT2D eigenvalue weighted by Crippen LogP contribution is -2.12. The zero-order chi connectivity index (χ0) is 20.6. The summed E-state index contributed by atoms with van der Waals surface area (Å²) in [5.74, 6) is 2.39. The number of carbonyl (C=O) groups is 1. The Morgan fingerprint density at radius 3 is 2.28 bits per heavy atom. The van der Waals surface area contributed by atoms with Gasteiger partial charge in [0.05, 0.1) is 26.4 Å². The molecule has 7 nitrogen and oxygen atoms in total. The standard InChI is InChI=1S/C22H23N3O4/c1-4-29-18-9-6-16(7-10-18)25-22(26)15-5-12-21(23-14-15)24-17-8-11-19(27-2)20(13-17)28-3/h5-14H,4H2,1-3H3,(H,23,24)(H,25,26). The van der Waals surface area contributed by atoms with Gasteiger partial charge in [-0.05, 0) is 55.5 Å². The maximum absolute atomic E-state index is 12.4. The fraction of sp³-hybridized carbons (Fsp3) is 0.182. The summed E-state index contributed by atoms with van der Waals surface area (Å²) >= 11 is 0. The SMILES string of the molecule is CCOc1ccc(NC(=O)c2ccc(Nc3ccc(OC)c(OC)c3)nc2)cc1. The average molecular weight is 393 g/mol. The van der Waals surface area contributed by atoms with Crippen molar-refractivity contribution >= 4 is 23.1 Å². The first-order valence-electron chi connectivity index (χ1n) is 9.12. The van der Waals surface area contributed by atoms with Crippen LogP contribution >= 0.6 is 0 Å². The Morgan fingerprint density at radius 2 is 1.66 bits per heavy atom. The third-order valence-corrected chi connectivity index (χ3v) is 4.10. The first-order valence-corrected chi connectivity index (χ1v) is 9.12. The summed E-state index contributed by atoms with van der Waals surface area (Å²) in [7, 11) is 3.17. The van der Waals surface area contributed by atoms with Crippen LogP contribution < -0.4 is 24.8 Å². The summed E-state index contributed by atoms with van der Waals surface area (Å²) in [5.41, 5.74) is 1.93. The van der Waals surface area contributed by atoms with E-state index in [9.17, 15) is 4.79 Å². The molecule has 0 aliphatic heterocycles. The van der Waals surface area contributed by atoms with Gasteiger partial charge in [-0.2, -0.15) is 0 Å². The molecule has 1 heterocycles. The Kier molecular flexibility index (Phi) is 6.52. The Balaban J connectivity index is 1.64. The van der Waals surface area contributed by atoms with E-state index in [1.807, 2.05) is 31.2 Å². The molecule has 0 aliphatic rings. The van der Waals surface area contributed by atoms with Gasteiger partial charge in [0.15, 0.2) is 11.5 Å². The molecule has 0 spiro atoms. The minimum Gasteiger partial charge on any atom is -0.494 e. The zero-order valence-corrected chi connectivity index (χ0v) is 16.6. The largest absolute Gasteiger partial charge is 0.494 e. The van der Waals surface area contributed by atoms with Crippen LogP contribution in [0.25, 0.3) is 0 Å². The predicted octanol–water partition coefficient (Wildman–Crippen LogP) is 4.49. The molecule has 1 amide bonds. The van der Waals surface area contributed by atoms with E-state index in [1.165, 1.54) is 6.20 Å². The van der Waals surface area contributed by atoms with E-state index in [2.05, 4.69) is 15.6 Å². The van der Waals surface area contributed by atoms with E-state index in [4.69, 9.17) is 14.2 Å². The number of pyridine rings is 1. The average Bonchev–Trinajstić information content (AvgIpc) is 2.75. The quantitative estimate of drug-likeness (QED) is 0.587. The van der Waals surface area contributed by atoms with Crippen molar-refractivity contribution in [1.29, 1.82) is 0 Å². The van der Waals surface area contributed by atoms with Crippen molar-refractivity contribution in [2.75, 3.05) is 31.5 Å². The van der Waals surface area contributed by atoms with Crippen molar-refractivity contribution in [3.8, 4) is 17.2 Å². The second-order valence-corrected chi connectivity index (χ2v) is 6.04. The number of anilines is 3. The number of nitrogens with zero attached hydrogens (tertiary/aromatic N) is 1. The van der Waals surface area contributed by atoms with Gasteiger partial charge in [-0.3, -0.25) is 4.79 Å². The van der Waals surface area contributed by atoms with Gasteiger partial charge < -0.3 is 24.8 Å². The second kappa shape index (κ2) is 9.45. The van der Waals surface area contributed by atoms with E-state index in [0.29, 0.717) is 35.2 Å². The molecular weight excluding hydrogens is 370 g/mol. The second-order valence-electron chi connectivity index (χ2n) is 6.04. The molecule has 0 saturated carbocycles. The Labute approximate surface area is 169 Å². The number of nitrogens with one attached hydrogen (secondary N) is 2. The van der Waals surface area contributed by atoms with Crippen molar-refractivity contribution in [2.45, 2.75) is 6.92 Å². The highest BCUT2D eigenvalue weighted by Crippen LogP contribution is 2.30. The summed E-state index contributed by atoms with van der Waals surface area (Å²) in [4.78, 5) is 16.7. The zero-order valence-electron chi connectivity index (χ0n) is 16.6. The molecule has 0 fully saturated rings. The first kappa shape index (κ1) is 20.0. The normalized spacial score (nSPS) is 10.2. The fourth-order valence-corrected chi connectivity index (χ4v) is 2.67. The summed E-state index contributed by atoms with van der Waals surface area (Å²) in [5, 5.41) is 6.01. The lowest BCUT2D eigenvalue weighted by atomic mass is 10.2. The molecule has 0 atom stereocenters.